The number of rotatable bonds is 9. The Morgan fingerprint density at radius 2 is 1.66 bits per heavy atom. The van der Waals surface area contributed by atoms with Crippen LogP contribution in [-0.2, 0) is 34.2 Å². The Hall–Kier alpha value is -2.41. The number of hydrogen-bond acceptors (Lipinski definition) is 7. The molecule has 2 unspecified atom stereocenters. The van der Waals surface area contributed by atoms with E-state index >= 15 is 0 Å². The van der Waals surface area contributed by atoms with Crippen LogP contribution in [0.15, 0.2) is 30.3 Å². The van der Waals surface area contributed by atoms with Crippen molar-refractivity contribution in [2.24, 2.45) is 5.92 Å². The van der Waals surface area contributed by atoms with E-state index in [-0.39, 0.29) is 19.1 Å². The summed E-state index contributed by atoms with van der Waals surface area (Å²) >= 11 is 0. The lowest BCUT2D eigenvalue weighted by atomic mass is 9.73. The highest BCUT2D eigenvalue weighted by atomic mass is 16.6. The molecule has 0 amide bonds. The van der Waals surface area contributed by atoms with Crippen molar-refractivity contribution in [3.05, 3.63) is 35.9 Å². The van der Waals surface area contributed by atoms with Crippen molar-refractivity contribution in [2.75, 3.05) is 13.2 Å². The molecule has 2 atom stereocenters. The second-order valence-electron chi connectivity index (χ2n) is 7.12. The van der Waals surface area contributed by atoms with E-state index in [1.54, 1.807) is 44.2 Å². The van der Waals surface area contributed by atoms with Crippen molar-refractivity contribution in [2.45, 2.75) is 64.1 Å². The zero-order valence-corrected chi connectivity index (χ0v) is 17.1. The average Bonchev–Trinajstić information content (AvgIpc) is 2.74. The van der Waals surface area contributed by atoms with Gasteiger partial charge in [-0.25, -0.2) is 9.59 Å². The van der Waals surface area contributed by atoms with Crippen LogP contribution in [0.4, 0.5) is 0 Å². The van der Waals surface area contributed by atoms with E-state index in [1.807, 2.05) is 0 Å². The maximum Gasteiger partial charge on any atom is 0.348 e. The summed E-state index contributed by atoms with van der Waals surface area (Å²) in [6, 6.07) is 8.59. The van der Waals surface area contributed by atoms with E-state index in [4.69, 9.17) is 14.2 Å². The molecule has 0 heterocycles. The Morgan fingerprint density at radius 3 is 2.24 bits per heavy atom. The Morgan fingerprint density at radius 1 is 1.03 bits per heavy atom. The highest BCUT2D eigenvalue weighted by Crippen LogP contribution is 2.40. The maximum atomic E-state index is 13.2. The first-order chi connectivity index (χ1) is 13.9. The van der Waals surface area contributed by atoms with Gasteiger partial charge in [0.15, 0.2) is 5.60 Å². The highest BCUT2D eigenvalue weighted by molar-refractivity contribution is 5.87. The second kappa shape index (κ2) is 11.0. The molecule has 1 aliphatic rings. The van der Waals surface area contributed by atoms with Gasteiger partial charge in [0.1, 0.15) is 0 Å². The van der Waals surface area contributed by atoms with Crippen molar-refractivity contribution in [1.82, 2.24) is 0 Å². The van der Waals surface area contributed by atoms with Crippen LogP contribution < -0.4 is 0 Å². The lowest BCUT2D eigenvalue weighted by molar-refractivity contribution is -0.190. The van der Waals surface area contributed by atoms with E-state index in [0.29, 0.717) is 18.4 Å². The van der Waals surface area contributed by atoms with Gasteiger partial charge in [-0.1, -0.05) is 49.6 Å². The van der Waals surface area contributed by atoms with E-state index in [9.17, 15) is 19.5 Å². The van der Waals surface area contributed by atoms with Crippen LogP contribution in [0.2, 0.25) is 0 Å². The Balaban J connectivity index is 2.29. The first kappa shape index (κ1) is 22.9. The number of carbonyl (C=O) groups is 3. The van der Waals surface area contributed by atoms with Crippen LogP contribution in [0.5, 0.6) is 0 Å². The lowest BCUT2D eigenvalue weighted by Gasteiger charge is -2.37. The third-order valence-corrected chi connectivity index (χ3v) is 5.18. The summed E-state index contributed by atoms with van der Waals surface area (Å²) < 4.78 is 15.2. The molecule has 1 aliphatic carbocycles. The minimum absolute atomic E-state index is 0.0707. The molecule has 1 aromatic rings. The molecule has 29 heavy (non-hydrogen) atoms. The molecular formula is C22H30O7. The summed E-state index contributed by atoms with van der Waals surface area (Å²) in [6.45, 7) is 3.46. The molecule has 2 rings (SSSR count). The molecule has 1 saturated carbocycles. The van der Waals surface area contributed by atoms with Gasteiger partial charge < -0.3 is 19.3 Å². The number of esters is 3. The molecule has 1 fully saturated rings. The van der Waals surface area contributed by atoms with Crippen LogP contribution in [0.1, 0.15) is 57.9 Å². The fraction of sp³-hybridized carbons (Fsp3) is 0.591. The van der Waals surface area contributed by atoms with Crippen molar-refractivity contribution in [3.8, 4) is 0 Å². The molecule has 0 bridgehead atoms. The molecule has 0 spiro atoms. The summed E-state index contributed by atoms with van der Waals surface area (Å²) in [5.74, 6) is -2.80. The van der Waals surface area contributed by atoms with E-state index < -0.39 is 36.0 Å². The van der Waals surface area contributed by atoms with Crippen molar-refractivity contribution in [3.63, 3.8) is 0 Å². The molecule has 1 N–H and O–H groups in total. The summed E-state index contributed by atoms with van der Waals surface area (Å²) in [6.07, 6.45) is 2.25. The van der Waals surface area contributed by atoms with Gasteiger partial charge in [-0.2, -0.15) is 0 Å². The summed E-state index contributed by atoms with van der Waals surface area (Å²) in [7, 11) is 0. The first-order valence-corrected chi connectivity index (χ1v) is 10.2. The van der Waals surface area contributed by atoms with Crippen molar-refractivity contribution < 1.29 is 33.7 Å². The van der Waals surface area contributed by atoms with Crippen LogP contribution in [0.25, 0.3) is 0 Å². The molecule has 0 aromatic heterocycles. The fourth-order valence-electron chi connectivity index (χ4n) is 3.73. The largest absolute Gasteiger partial charge is 0.466 e. The smallest absolute Gasteiger partial charge is 0.348 e. The minimum Gasteiger partial charge on any atom is -0.466 e. The Bertz CT molecular complexity index is 682. The van der Waals surface area contributed by atoms with Crippen molar-refractivity contribution in [1.29, 1.82) is 0 Å². The molecule has 0 radical (unpaired) electrons. The number of hydrogen-bond donors (Lipinski definition) is 1. The molecule has 1 aromatic carbocycles. The standard InChI is InChI=1S/C22H30O7/c1-3-27-19(23)15-18(20(24)28-4-2)29-21(25)22(26,16-11-7-5-8-12-16)17-13-9-6-10-14-17/h5,7-8,11-12,17-18,26H,3-4,6,9-10,13-15H2,1-2H3. The number of aliphatic hydroxyl groups is 1. The second-order valence-corrected chi connectivity index (χ2v) is 7.12. The minimum atomic E-state index is -1.90. The van der Waals surface area contributed by atoms with E-state index in [2.05, 4.69) is 0 Å². The third kappa shape index (κ3) is 5.79. The molecule has 7 heteroatoms. The van der Waals surface area contributed by atoms with Gasteiger partial charge in [-0.15, -0.1) is 0 Å². The predicted octanol–water partition coefficient (Wildman–Crippen LogP) is 2.88. The monoisotopic (exact) mass is 406 g/mol. The lowest BCUT2D eigenvalue weighted by Crippen LogP contribution is -2.47. The molecule has 7 nitrogen and oxygen atoms in total. The van der Waals surface area contributed by atoms with Gasteiger partial charge in [0.05, 0.1) is 19.6 Å². The fourth-order valence-corrected chi connectivity index (χ4v) is 3.73. The predicted molar refractivity (Wildman–Crippen MR) is 105 cm³/mol. The van der Waals surface area contributed by atoms with Crippen LogP contribution in [0.3, 0.4) is 0 Å². The number of carbonyl (C=O) groups excluding carboxylic acids is 3. The van der Waals surface area contributed by atoms with Crippen LogP contribution in [0, 0.1) is 5.92 Å². The van der Waals surface area contributed by atoms with Gasteiger partial charge in [0.25, 0.3) is 0 Å². The van der Waals surface area contributed by atoms with Gasteiger partial charge in [0, 0.05) is 5.92 Å². The zero-order chi connectivity index (χ0) is 21.3. The number of benzene rings is 1. The third-order valence-electron chi connectivity index (χ3n) is 5.18. The van der Waals surface area contributed by atoms with Crippen LogP contribution in [-0.4, -0.2) is 42.3 Å². The molecular weight excluding hydrogens is 376 g/mol. The summed E-state index contributed by atoms with van der Waals surface area (Å²) in [4.78, 5) is 37.3. The van der Waals surface area contributed by atoms with E-state index in [0.717, 1.165) is 19.3 Å². The van der Waals surface area contributed by atoms with Gasteiger partial charge in [-0.3, -0.25) is 4.79 Å². The van der Waals surface area contributed by atoms with Gasteiger partial charge in [-0.05, 0) is 32.3 Å². The van der Waals surface area contributed by atoms with Crippen molar-refractivity contribution >= 4 is 17.9 Å². The highest BCUT2D eigenvalue weighted by Gasteiger charge is 2.48. The first-order valence-electron chi connectivity index (χ1n) is 10.2. The molecule has 160 valence electrons. The van der Waals surface area contributed by atoms with Gasteiger partial charge in [0.2, 0.25) is 6.10 Å². The molecule has 0 aliphatic heterocycles. The summed E-state index contributed by atoms with van der Waals surface area (Å²) in [5.41, 5.74) is -1.49. The zero-order valence-electron chi connectivity index (χ0n) is 17.1. The average molecular weight is 406 g/mol. The normalized spacial score (nSPS) is 17.6. The number of ether oxygens (including phenoxy) is 3. The quantitative estimate of drug-likeness (QED) is 0.497. The Kier molecular flexibility index (Phi) is 8.64. The SMILES string of the molecule is CCOC(=O)CC(OC(=O)C(O)(c1ccccc1)C1CCCCC1)C(=O)OCC. The topological polar surface area (TPSA) is 99.1 Å². The van der Waals surface area contributed by atoms with Crippen LogP contribution >= 0.6 is 0 Å². The molecule has 0 saturated heterocycles. The van der Waals surface area contributed by atoms with E-state index in [1.165, 1.54) is 0 Å². The Labute approximate surface area is 171 Å². The summed E-state index contributed by atoms with van der Waals surface area (Å²) in [5, 5.41) is 11.5. The van der Waals surface area contributed by atoms with Gasteiger partial charge >= 0.3 is 17.9 Å². The maximum absolute atomic E-state index is 13.2.